The number of hydrogen-bond donors (Lipinski definition) is 1. The van der Waals surface area contributed by atoms with Crippen LogP contribution in [-0.4, -0.2) is 63.0 Å². The van der Waals surface area contributed by atoms with E-state index in [2.05, 4.69) is 45.0 Å². The molecule has 3 aromatic carbocycles. The van der Waals surface area contributed by atoms with Crippen molar-refractivity contribution in [2.75, 3.05) is 25.5 Å². The minimum atomic E-state index is -2.86. The summed E-state index contributed by atoms with van der Waals surface area (Å²) in [6, 6.07) is 27.5. The monoisotopic (exact) mass is 592 g/mol. The third-order valence-electron chi connectivity index (χ3n) is 7.73. The van der Waals surface area contributed by atoms with E-state index in [-0.39, 0.29) is 31.2 Å². The van der Waals surface area contributed by atoms with Crippen LogP contribution in [-0.2, 0) is 20.3 Å². The van der Waals surface area contributed by atoms with Gasteiger partial charge in [-0.1, -0.05) is 99.6 Å². The Morgan fingerprint density at radius 1 is 0.952 bits per heavy atom. The number of halogens is 1. The first-order valence-corrected chi connectivity index (χ1v) is 16.6. The number of ether oxygens (including phenoxy) is 2. The second-order valence-electron chi connectivity index (χ2n) is 13.1. The van der Waals surface area contributed by atoms with Crippen LogP contribution >= 0.6 is 0 Å². The molecule has 1 heterocycles. The maximum atomic E-state index is 15.6. The van der Waals surface area contributed by atoms with Crippen LogP contribution < -0.4 is 16.1 Å². The first-order chi connectivity index (χ1) is 19.8. The molecule has 42 heavy (non-hydrogen) atoms. The standard InChI is InChI=1S/C34H45FN2O4Si/c1-33(2,3)41-32(38)37-22-31(29(35)21-25-15-13-14-20-30(25)36)39-23-26(37)24-40-42(34(4,5)6,27-16-9-7-10-17-27)28-18-11-8-12-19-28/h7-20,26,29,31H,21-24,36H2,1-6H3/t26-,29?,31-/m0/s1. The van der Waals surface area contributed by atoms with E-state index >= 15 is 4.39 Å². The third kappa shape index (κ3) is 7.22. The number of para-hydroxylation sites is 1. The molecule has 0 bridgehead atoms. The van der Waals surface area contributed by atoms with Gasteiger partial charge in [-0.05, 0) is 47.8 Å². The van der Waals surface area contributed by atoms with Crippen LogP contribution in [0.15, 0.2) is 84.9 Å². The Balaban J connectivity index is 1.63. The SMILES string of the molecule is CC(C)(C)OC(=O)N1C[C@@H](C(F)Cc2ccccc2N)OC[C@H]1CO[Si](c1ccccc1)(c1ccccc1)C(C)(C)C. The quantitative estimate of drug-likeness (QED) is 0.267. The van der Waals surface area contributed by atoms with Crippen molar-refractivity contribution in [2.45, 2.75) is 76.9 Å². The smallest absolute Gasteiger partial charge is 0.410 e. The first-order valence-electron chi connectivity index (χ1n) is 14.7. The topological polar surface area (TPSA) is 74.0 Å². The maximum absolute atomic E-state index is 15.6. The second kappa shape index (κ2) is 13.0. The minimum Gasteiger partial charge on any atom is -0.444 e. The zero-order valence-corrected chi connectivity index (χ0v) is 26.7. The number of rotatable bonds is 8. The zero-order chi connectivity index (χ0) is 30.5. The number of carbonyl (C=O) groups excluding carboxylic acids is 1. The molecule has 8 heteroatoms. The number of nitrogens with two attached hydrogens (primary N) is 1. The van der Waals surface area contributed by atoms with Gasteiger partial charge in [0.1, 0.15) is 17.9 Å². The summed E-state index contributed by atoms with van der Waals surface area (Å²) < 4.78 is 34.7. The molecule has 0 saturated carbocycles. The average molecular weight is 593 g/mol. The van der Waals surface area contributed by atoms with Crippen LogP contribution in [0.5, 0.6) is 0 Å². The molecule has 226 valence electrons. The van der Waals surface area contributed by atoms with Gasteiger partial charge in [0, 0.05) is 12.1 Å². The van der Waals surface area contributed by atoms with Crippen LogP contribution in [0.3, 0.4) is 0 Å². The summed E-state index contributed by atoms with van der Waals surface area (Å²) in [5.74, 6) is 0. The Kier molecular flexibility index (Phi) is 9.80. The molecule has 1 fully saturated rings. The molecule has 6 nitrogen and oxygen atoms in total. The van der Waals surface area contributed by atoms with E-state index in [1.54, 1.807) is 11.0 Å². The number of nitrogens with zero attached hydrogens (tertiary/aromatic N) is 1. The van der Waals surface area contributed by atoms with E-state index < -0.39 is 38.3 Å². The summed E-state index contributed by atoms with van der Waals surface area (Å²) in [6.07, 6.45) is -2.57. The normalized spacial score (nSPS) is 18.9. The Labute approximate surface area is 251 Å². The largest absolute Gasteiger partial charge is 0.444 e. The van der Waals surface area contributed by atoms with Crippen LogP contribution in [0.2, 0.25) is 5.04 Å². The van der Waals surface area contributed by atoms with Crippen molar-refractivity contribution in [3.63, 3.8) is 0 Å². The summed E-state index contributed by atoms with van der Waals surface area (Å²) in [7, 11) is -2.86. The molecule has 0 aliphatic carbocycles. The van der Waals surface area contributed by atoms with Crippen molar-refractivity contribution in [2.24, 2.45) is 0 Å². The lowest BCUT2D eigenvalue weighted by Gasteiger charge is -2.46. The molecule has 1 unspecified atom stereocenters. The van der Waals surface area contributed by atoms with Gasteiger partial charge in [-0.15, -0.1) is 0 Å². The molecule has 1 aliphatic heterocycles. The number of morpholine rings is 1. The Morgan fingerprint density at radius 2 is 1.50 bits per heavy atom. The van der Waals surface area contributed by atoms with Crippen LogP contribution in [0.25, 0.3) is 0 Å². The third-order valence-corrected chi connectivity index (χ3v) is 12.7. The molecule has 4 rings (SSSR count). The minimum absolute atomic E-state index is 0.0532. The Hall–Kier alpha value is -3.20. The predicted octanol–water partition coefficient (Wildman–Crippen LogP) is 5.73. The number of anilines is 1. The highest BCUT2D eigenvalue weighted by atomic mass is 28.4. The molecule has 0 radical (unpaired) electrons. The van der Waals surface area contributed by atoms with Crippen molar-refractivity contribution < 1.29 is 23.1 Å². The van der Waals surface area contributed by atoms with E-state index in [4.69, 9.17) is 19.6 Å². The van der Waals surface area contributed by atoms with Crippen molar-refractivity contribution in [1.29, 1.82) is 0 Å². The summed E-state index contributed by atoms with van der Waals surface area (Å²) >= 11 is 0. The molecule has 1 amide bonds. The van der Waals surface area contributed by atoms with Gasteiger partial charge < -0.3 is 19.6 Å². The average Bonchev–Trinajstić information content (AvgIpc) is 2.94. The molecular formula is C34H45FN2O4Si. The lowest BCUT2D eigenvalue weighted by molar-refractivity contribution is -0.101. The predicted molar refractivity (Wildman–Crippen MR) is 169 cm³/mol. The highest BCUT2D eigenvalue weighted by molar-refractivity contribution is 6.99. The van der Waals surface area contributed by atoms with Gasteiger partial charge in [0.25, 0.3) is 8.32 Å². The fourth-order valence-electron chi connectivity index (χ4n) is 5.67. The van der Waals surface area contributed by atoms with Gasteiger partial charge >= 0.3 is 6.09 Å². The summed E-state index contributed by atoms with van der Waals surface area (Å²) in [5, 5.41) is 2.06. The summed E-state index contributed by atoms with van der Waals surface area (Å²) in [4.78, 5) is 15.1. The van der Waals surface area contributed by atoms with E-state index in [9.17, 15) is 4.79 Å². The van der Waals surface area contributed by atoms with Crippen LogP contribution in [0, 0.1) is 0 Å². The molecule has 2 N–H and O–H groups in total. The molecule has 0 spiro atoms. The molecule has 0 aromatic heterocycles. The molecular weight excluding hydrogens is 547 g/mol. The van der Waals surface area contributed by atoms with E-state index in [1.807, 2.05) is 75.4 Å². The number of amides is 1. The number of carbonyl (C=O) groups is 1. The molecule has 3 atom stereocenters. The first kappa shape index (κ1) is 31.7. The zero-order valence-electron chi connectivity index (χ0n) is 25.7. The van der Waals surface area contributed by atoms with Gasteiger partial charge in [0.05, 0.1) is 25.8 Å². The number of alkyl halides is 1. The van der Waals surface area contributed by atoms with Crippen LogP contribution in [0.1, 0.15) is 47.1 Å². The van der Waals surface area contributed by atoms with E-state index in [0.717, 1.165) is 15.9 Å². The fraction of sp³-hybridized carbons (Fsp3) is 0.441. The van der Waals surface area contributed by atoms with Gasteiger partial charge in [0.2, 0.25) is 0 Å². The van der Waals surface area contributed by atoms with Crippen molar-refractivity contribution in [3.8, 4) is 0 Å². The summed E-state index contributed by atoms with van der Waals surface area (Å²) in [5.41, 5.74) is 6.62. The molecule has 1 saturated heterocycles. The van der Waals surface area contributed by atoms with Gasteiger partial charge in [-0.25, -0.2) is 9.18 Å². The maximum Gasteiger partial charge on any atom is 0.410 e. The Morgan fingerprint density at radius 3 is 2.02 bits per heavy atom. The number of hydrogen-bond acceptors (Lipinski definition) is 5. The van der Waals surface area contributed by atoms with Crippen molar-refractivity contribution >= 4 is 30.5 Å². The Bertz CT molecular complexity index is 1270. The lowest BCUT2D eigenvalue weighted by Crippen LogP contribution is -2.68. The molecule has 1 aliphatic rings. The van der Waals surface area contributed by atoms with E-state index in [0.29, 0.717) is 5.69 Å². The summed E-state index contributed by atoms with van der Waals surface area (Å²) in [6.45, 7) is 12.5. The highest BCUT2D eigenvalue weighted by Crippen LogP contribution is 2.37. The second-order valence-corrected chi connectivity index (χ2v) is 17.4. The fourth-order valence-corrected chi connectivity index (χ4v) is 10.3. The van der Waals surface area contributed by atoms with Gasteiger partial charge in [-0.2, -0.15) is 0 Å². The highest BCUT2D eigenvalue weighted by Gasteiger charge is 2.51. The van der Waals surface area contributed by atoms with Crippen molar-refractivity contribution in [1.82, 2.24) is 4.90 Å². The van der Waals surface area contributed by atoms with E-state index in [1.165, 1.54) is 0 Å². The van der Waals surface area contributed by atoms with Crippen LogP contribution in [0.4, 0.5) is 14.9 Å². The molecule has 3 aromatic rings. The number of nitrogen functional groups attached to an aromatic ring is 1. The number of benzene rings is 3. The van der Waals surface area contributed by atoms with Gasteiger partial charge in [-0.3, -0.25) is 4.90 Å². The lowest BCUT2D eigenvalue weighted by atomic mass is 10.0. The van der Waals surface area contributed by atoms with Gasteiger partial charge in [0.15, 0.2) is 0 Å². The van der Waals surface area contributed by atoms with Crippen molar-refractivity contribution in [3.05, 3.63) is 90.5 Å².